The number of aliphatic hydroxyl groups is 1. The molecule has 0 saturated heterocycles. The average Bonchev–Trinajstić information content (AvgIpc) is 3.19. The maximum absolute atomic E-state index is 12.8. The summed E-state index contributed by atoms with van der Waals surface area (Å²) in [5, 5.41) is 11.9. The summed E-state index contributed by atoms with van der Waals surface area (Å²) in [6, 6.07) is 1.68. The van der Waals surface area contributed by atoms with Gasteiger partial charge in [-0.15, -0.1) is 11.3 Å². The normalized spacial score (nSPS) is 11.1. The number of aliphatic hydroxyl groups excluding tert-OH is 1. The van der Waals surface area contributed by atoms with Crippen LogP contribution in [-0.4, -0.2) is 48.6 Å². The molecular weight excluding hydrogens is 328 g/mol. The molecule has 0 bridgehead atoms. The van der Waals surface area contributed by atoms with Crippen LogP contribution in [0.25, 0.3) is 11.2 Å². The average molecular weight is 346 g/mol. The van der Waals surface area contributed by atoms with Crippen molar-refractivity contribution in [3.63, 3.8) is 0 Å². The molecule has 0 unspecified atom stereocenters. The molecule has 3 N–H and O–H groups in total. The van der Waals surface area contributed by atoms with Gasteiger partial charge in [0.2, 0.25) is 5.95 Å². The molecule has 3 rings (SSSR count). The summed E-state index contributed by atoms with van der Waals surface area (Å²) in [5.41, 5.74) is 7.51. The molecule has 0 atom stereocenters. The molecule has 24 heavy (non-hydrogen) atoms. The van der Waals surface area contributed by atoms with Gasteiger partial charge in [0, 0.05) is 30.9 Å². The van der Waals surface area contributed by atoms with Crippen molar-refractivity contribution in [2.75, 3.05) is 18.9 Å². The van der Waals surface area contributed by atoms with Crippen LogP contribution in [0.15, 0.2) is 23.8 Å². The zero-order valence-electron chi connectivity index (χ0n) is 13.2. The van der Waals surface area contributed by atoms with Crippen LogP contribution in [0.3, 0.4) is 0 Å². The van der Waals surface area contributed by atoms with E-state index in [0.29, 0.717) is 35.8 Å². The van der Waals surface area contributed by atoms with Crippen molar-refractivity contribution in [1.82, 2.24) is 24.4 Å². The first-order valence-corrected chi connectivity index (χ1v) is 8.42. The third-order valence-electron chi connectivity index (χ3n) is 3.64. The molecule has 9 heteroatoms. The Morgan fingerprint density at radius 1 is 1.46 bits per heavy atom. The van der Waals surface area contributed by atoms with Crippen LogP contribution in [-0.2, 0) is 13.1 Å². The number of nitrogens with zero attached hydrogens (tertiary/aromatic N) is 5. The summed E-state index contributed by atoms with van der Waals surface area (Å²) in [7, 11) is 0. The Bertz CT molecular complexity index is 845. The Balaban J connectivity index is 1.90. The second kappa shape index (κ2) is 6.93. The maximum atomic E-state index is 12.8. The molecule has 8 nitrogen and oxygen atoms in total. The van der Waals surface area contributed by atoms with Crippen molar-refractivity contribution >= 4 is 34.4 Å². The molecule has 0 spiro atoms. The highest BCUT2D eigenvalue weighted by Gasteiger charge is 2.19. The monoisotopic (exact) mass is 346 g/mol. The summed E-state index contributed by atoms with van der Waals surface area (Å²) in [6.45, 7) is 3.06. The minimum absolute atomic E-state index is 0.121. The zero-order chi connectivity index (χ0) is 17.1. The van der Waals surface area contributed by atoms with E-state index < -0.39 is 0 Å². The van der Waals surface area contributed by atoms with Gasteiger partial charge in [0.1, 0.15) is 10.5 Å². The van der Waals surface area contributed by atoms with Gasteiger partial charge in [-0.25, -0.2) is 15.0 Å². The van der Waals surface area contributed by atoms with Crippen molar-refractivity contribution in [3.8, 4) is 0 Å². The van der Waals surface area contributed by atoms with Gasteiger partial charge < -0.3 is 15.7 Å². The zero-order valence-corrected chi connectivity index (χ0v) is 14.0. The van der Waals surface area contributed by atoms with Gasteiger partial charge >= 0.3 is 0 Å². The second-order valence-electron chi connectivity index (χ2n) is 5.16. The van der Waals surface area contributed by atoms with Crippen molar-refractivity contribution in [2.45, 2.75) is 20.0 Å². The van der Waals surface area contributed by atoms with Crippen LogP contribution >= 0.6 is 11.3 Å². The lowest BCUT2D eigenvalue weighted by Crippen LogP contribution is -2.33. The molecule has 0 aliphatic carbocycles. The first-order valence-electron chi connectivity index (χ1n) is 7.54. The van der Waals surface area contributed by atoms with Crippen LogP contribution in [0.2, 0.25) is 0 Å². The number of carbonyl (C=O) groups excluding carboxylic acids is 1. The summed E-state index contributed by atoms with van der Waals surface area (Å²) in [6.07, 6.45) is 3.21. The number of aryl methyl sites for hydroxylation is 1. The first-order chi connectivity index (χ1) is 11.6. The van der Waals surface area contributed by atoms with Crippen molar-refractivity contribution in [1.29, 1.82) is 0 Å². The first kappa shape index (κ1) is 16.3. The summed E-state index contributed by atoms with van der Waals surface area (Å²) >= 11 is 1.47. The summed E-state index contributed by atoms with van der Waals surface area (Å²) < 4.78 is 1.78. The van der Waals surface area contributed by atoms with Gasteiger partial charge in [-0.2, -0.15) is 0 Å². The number of aromatic nitrogens is 4. The fourth-order valence-corrected chi connectivity index (χ4v) is 3.14. The lowest BCUT2D eigenvalue weighted by atomic mass is 10.2. The predicted molar refractivity (Wildman–Crippen MR) is 91.6 cm³/mol. The Morgan fingerprint density at radius 2 is 2.29 bits per heavy atom. The summed E-state index contributed by atoms with van der Waals surface area (Å²) in [5.74, 6) is 0.151. The molecule has 3 aromatic heterocycles. The minimum atomic E-state index is -0.224. The Labute approximate surface area is 142 Å². The maximum Gasteiger partial charge on any atom is 0.255 e. The highest BCUT2D eigenvalue weighted by Crippen LogP contribution is 2.18. The highest BCUT2D eigenvalue weighted by atomic mass is 32.1. The lowest BCUT2D eigenvalue weighted by Gasteiger charge is -2.20. The Hall–Kier alpha value is -2.52. The fourth-order valence-electron chi connectivity index (χ4n) is 2.51. The minimum Gasteiger partial charge on any atom is -0.395 e. The van der Waals surface area contributed by atoms with Crippen LogP contribution < -0.4 is 5.73 Å². The van der Waals surface area contributed by atoms with E-state index in [9.17, 15) is 9.90 Å². The molecule has 0 saturated carbocycles. The van der Waals surface area contributed by atoms with E-state index in [4.69, 9.17) is 5.73 Å². The van der Waals surface area contributed by atoms with Gasteiger partial charge in [0.15, 0.2) is 5.65 Å². The van der Waals surface area contributed by atoms with E-state index in [-0.39, 0.29) is 19.1 Å². The number of anilines is 1. The quantitative estimate of drug-likeness (QED) is 0.692. The van der Waals surface area contributed by atoms with E-state index in [1.807, 2.05) is 12.3 Å². The molecule has 1 amide bonds. The van der Waals surface area contributed by atoms with E-state index in [1.54, 1.807) is 21.7 Å². The summed E-state index contributed by atoms with van der Waals surface area (Å²) in [4.78, 5) is 27.1. The number of amides is 1. The van der Waals surface area contributed by atoms with E-state index in [1.165, 1.54) is 17.5 Å². The molecule has 3 aromatic rings. The van der Waals surface area contributed by atoms with Gasteiger partial charge in [-0.3, -0.25) is 9.36 Å². The topological polar surface area (TPSA) is 110 Å². The third-order valence-corrected chi connectivity index (χ3v) is 4.41. The number of hydrogen-bond donors (Lipinski definition) is 2. The lowest BCUT2D eigenvalue weighted by molar-refractivity contribution is 0.0707. The van der Waals surface area contributed by atoms with Crippen molar-refractivity contribution < 1.29 is 9.90 Å². The SMILES string of the molecule is CCn1c(N)nc2cc(C(=O)N(CCO)Cc3nccs3)cnc21. The van der Waals surface area contributed by atoms with Crippen LogP contribution in [0, 0.1) is 0 Å². The number of hydrogen-bond acceptors (Lipinski definition) is 7. The molecule has 126 valence electrons. The molecule has 0 aliphatic heterocycles. The smallest absolute Gasteiger partial charge is 0.255 e. The van der Waals surface area contributed by atoms with E-state index in [2.05, 4.69) is 15.0 Å². The molecule has 0 fully saturated rings. The number of fused-ring (bicyclic) bond motifs is 1. The van der Waals surface area contributed by atoms with Gasteiger partial charge in [0.25, 0.3) is 5.91 Å². The number of nitrogen functional groups attached to an aromatic ring is 1. The Morgan fingerprint density at radius 3 is 2.96 bits per heavy atom. The fraction of sp³-hybridized carbons (Fsp3) is 0.333. The van der Waals surface area contributed by atoms with Crippen molar-refractivity contribution in [2.24, 2.45) is 0 Å². The van der Waals surface area contributed by atoms with E-state index >= 15 is 0 Å². The van der Waals surface area contributed by atoms with Crippen LogP contribution in [0.1, 0.15) is 22.3 Å². The predicted octanol–water partition coefficient (Wildman–Crippen LogP) is 1.12. The number of carbonyl (C=O) groups is 1. The number of thiazole rings is 1. The number of imidazole rings is 1. The largest absolute Gasteiger partial charge is 0.395 e. The molecule has 0 aliphatic rings. The molecule has 0 radical (unpaired) electrons. The Kier molecular flexibility index (Phi) is 4.72. The van der Waals surface area contributed by atoms with Crippen LogP contribution in [0.5, 0.6) is 0 Å². The van der Waals surface area contributed by atoms with Crippen molar-refractivity contribution in [3.05, 3.63) is 34.4 Å². The second-order valence-corrected chi connectivity index (χ2v) is 6.14. The van der Waals surface area contributed by atoms with E-state index in [0.717, 1.165) is 5.01 Å². The number of rotatable bonds is 6. The molecular formula is C15H18N6O2S. The number of pyridine rings is 1. The molecule has 0 aromatic carbocycles. The third kappa shape index (κ3) is 3.08. The number of nitrogens with two attached hydrogens (primary N) is 1. The van der Waals surface area contributed by atoms with Gasteiger partial charge in [-0.05, 0) is 13.0 Å². The van der Waals surface area contributed by atoms with Gasteiger partial charge in [-0.1, -0.05) is 0 Å². The standard InChI is InChI=1S/C15H18N6O2S/c1-2-21-13-11(19-15(21)16)7-10(8-18-13)14(23)20(4-5-22)9-12-17-3-6-24-12/h3,6-8,22H,2,4-5,9H2,1H3,(H2,16,19). The van der Waals surface area contributed by atoms with Gasteiger partial charge in [0.05, 0.1) is 18.7 Å². The molecule has 3 heterocycles. The highest BCUT2D eigenvalue weighted by molar-refractivity contribution is 7.09. The van der Waals surface area contributed by atoms with Crippen LogP contribution in [0.4, 0.5) is 5.95 Å².